The van der Waals surface area contributed by atoms with Crippen LogP contribution < -0.4 is 0 Å². The number of aryl methyl sites for hydroxylation is 2. The lowest BCUT2D eigenvalue weighted by Crippen LogP contribution is -1.88. The maximum absolute atomic E-state index is 4.50. The van der Waals surface area contributed by atoms with Crippen LogP contribution in [0.5, 0.6) is 0 Å². The number of unbranched alkanes of at least 4 members (excludes halogenated alkanes) is 3. The van der Waals surface area contributed by atoms with E-state index >= 15 is 0 Å². The molecule has 2 rings (SSSR count). The van der Waals surface area contributed by atoms with E-state index in [2.05, 4.69) is 72.4 Å². The van der Waals surface area contributed by atoms with Gasteiger partial charge in [0.2, 0.25) is 0 Å². The Morgan fingerprint density at radius 2 is 0.958 bits per heavy atom. The van der Waals surface area contributed by atoms with Gasteiger partial charge in [-0.3, -0.25) is 9.98 Å². The fourth-order valence-corrected chi connectivity index (χ4v) is 2.40. The third kappa shape index (κ3) is 7.36. The molecule has 24 heavy (non-hydrogen) atoms. The van der Waals surface area contributed by atoms with Gasteiger partial charge in [-0.25, -0.2) is 0 Å². The Morgan fingerprint density at radius 3 is 1.33 bits per heavy atom. The molecule has 0 radical (unpaired) electrons. The monoisotopic (exact) mass is 320 g/mol. The fraction of sp³-hybridized carbons (Fsp3) is 0.364. The van der Waals surface area contributed by atoms with Crippen molar-refractivity contribution >= 4 is 12.4 Å². The molecule has 0 amide bonds. The summed E-state index contributed by atoms with van der Waals surface area (Å²) in [6.07, 6.45) is 8.72. The Balaban J connectivity index is 1.51. The van der Waals surface area contributed by atoms with Gasteiger partial charge in [0.25, 0.3) is 0 Å². The van der Waals surface area contributed by atoms with Crippen molar-refractivity contribution in [3.63, 3.8) is 0 Å². The maximum atomic E-state index is 4.50. The second kappa shape index (κ2) is 10.5. The van der Waals surface area contributed by atoms with E-state index in [0.29, 0.717) is 0 Å². The molecule has 0 aliphatic rings. The molecule has 0 saturated heterocycles. The first-order valence-corrected chi connectivity index (χ1v) is 8.87. The Bertz CT molecular complexity index is 577. The highest BCUT2D eigenvalue weighted by Crippen LogP contribution is 2.03. The average molecular weight is 320 g/mol. The zero-order valence-corrected chi connectivity index (χ0v) is 14.9. The standard InChI is InChI=1S/C22H28N2/c1-19-7-11-21(12-8-19)17-23-15-5-3-4-6-16-24-18-22-13-9-20(2)10-14-22/h7-14,17-18H,3-6,15-16H2,1-2H3/b23-17+,24-18+. The lowest BCUT2D eigenvalue weighted by atomic mass is 10.1. The van der Waals surface area contributed by atoms with Gasteiger partial charge >= 0.3 is 0 Å². The molecule has 0 atom stereocenters. The van der Waals surface area contributed by atoms with E-state index in [9.17, 15) is 0 Å². The van der Waals surface area contributed by atoms with Gasteiger partial charge in [-0.15, -0.1) is 0 Å². The van der Waals surface area contributed by atoms with Crippen LogP contribution in [0.1, 0.15) is 47.9 Å². The number of aliphatic imine (C=N–C) groups is 2. The van der Waals surface area contributed by atoms with E-state index in [1.54, 1.807) is 0 Å². The zero-order valence-electron chi connectivity index (χ0n) is 14.9. The number of hydrogen-bond acceptors (Lipinski definition) is 2. The quantitative estimate of drug-likeness (QED) is 0.436. The fourth-order valence-electron chi connectivity index (χ4n) is 2.40. The van der Waals surface area contributed by atoms with Crippen LogP contribution in [0.2, 0.25) is 0 Å². The zero-order chi connectivity index (χ0) is 17.0. The summed E-state index contributed by atoms with van der Waals surface area (Å²) in [6.45, 7) is 6.04. The van der Waals surface area contributed by atoms with Crippen LogP contribution in [0.4, 0.5) is 0 Å². The molecule has 0 bridgehead atoms. The highest BCUT2D eigenvalue weighted by Gasteiger charge is 1.91. The summed E-state index contributed by atoms with van der Waals surface area (Å²) in [5.41, 5.74) is 4.95. The predicted molar refractivity (Wildman–Crippen MR) is 106 cm³/mol. The molecule has 2 nitrogen and oxygen atoms in total. The van der Waals surface area contributed by atoms with Gasteiger partial charge in [0, 0.05) is 25.5 Å². The van der Waals surface area contributed by atoms with Crippen molar-refractivity contribution in [1.82, 2.24) is 0 Å². The topological polar surface area (TPSA) is 24.7 Å². The van der Waals surface area contributed by atoms with Gasteiger partial charge in [0.05, 0.1) is 0 Å². The van der Waals surface area contributed by atoms with Gasteiger partial charge < -0.3 is 0 Å². The summed E-state index contributed by atoms with van der Waals surface area (Å²) in [7, 11) is 0. The minimum absolute atomic E-state index is 0.917. The van der Waals surface area contributed by atoms with E-state index in [0.717, 1.165) is 25.9 Å². The van der Waals surface area contributed by atoms with E-state index in [1.165, 1.54) is 35.1 Å². The van der Waals surface area contributed by atoms with Crippen molar-refractivity contribution in [3.8, 4) is 0 Å². The normalized spacial score (nSPS) is 11.6. The minimum Gasteiger partial charge on any atom is -0.293 e. The van der Waals surface area contributed by atoms with Crippen molar-refractivity contribution in [2.24, 2.45) is 9.98 Å². The molecule has 0 fully saturated rings. The molecular formula is C22H28N2. The van der Waals surface area contributed by atoms with Gasteiger partial charge in [0.15, 0.2) is 0 Å². The Labute approximate surface area is 146 Å². The van der Waals surface area contributed by atoms with Gasteiger partial charge in [-0.2, -0.15) is 0 Å². The molecule has 2 aromatic carbocycles. The molecule has 2 aromatic rings. The molecule has 2 heteroatoms. The van der Waals surface area contributed by atoms with Gasteiger partial charge in [0.1, 0.15) is 0 Å². The van der Waals surface area contributed by atoms with E-state index in [4.69, 9.17) is 0 Å². The molecular weight excluding hydrogens is 292 g/mol. The van der Waals surface area contributed by atoms with Crippen molar-refractivity contribution in [2.75, 3.05) is 13.1 Å². The van der Waals surface area contributed by atoms with Crippen LogP contribution in [-0.2, 0) is 0 Å². The average Bonchev–Trinajstić information content (AvgIpc) is 2.60. The third-order valence-corrected chi connectivity index (χ3v) is 3.96. The maximum Gasteiger partial charge on any atom is 0.0389 e. The SMILES string of the molecule is Cc1ccc(/C=N/CCCCCC/N=C/c2ccc(C)cc2)cc1. The summed E-state index contributed by atoms with van der Waals surface area (Å²) in [4.78, 5) is 8.99. The number of nitrogens with zero attached hydrogens (tertiary/aromatic N) is 2. The first-order chi connectivity index (χ1) is 11.7. The smallest absolute Gasteiger partial charge is 0.0389 e. The molecule has 0 spiro atoms. The highest BCUT2D eigenvalue weighted by molar-refractivity contribution is 5.79. The second-order valence-corrected chi connectivity index (χ2v) is 6.31. The summed E-state index contributed by atoms with van der Waals surface area (Å²) < 4.78 is 0. The number of rotatable bonds is 9. The first kappa shape index (κ1) is 18.1. The third-order valence-electron chi connectivity index (χ3n) is 3.96. The van der Waals surface area contributed by atoms with E-state index in [1.807, 2.05) is 12.4 Å². The largest absolute Gasteiger partial charge is 0.293 e. The highest BCUT2D eigenvalue weighted by atomic mass is 14.7. The molecule has 0 unspecified atom stereocenters. The summed E-state index contributed by atoms with van der Waals surface area (Å²) in [5, 5.41) is 0. The van der Waals surface area contributed by atoms with Crippen molar-refractivity contribution in [2.45, 2.75) is 39.5 Å². The van der Waals surface area contributed by atoms with Gasteiger partial charge in [-0.05, 0) is 37.8 Å². The second-order valence-electron chi connectivity index (χ2n) is 6.31. The lowest BCUT2D eigenvalue weighted by molar-refractivity contribution is 0.655. The summed E-state index contributed by atoms with van der Waals surface area (Å²) in [5.74, 6) is 0. The van der Waals surface area contributed by atoms with Crippen molar-refractivity contribution in [3.05, 3.63) is 70.8 Å². The van der Waals surface area contributed by atoms with Crippen LogP contribution in [0.15, 0.2) is 58.5 Å². The van der Waals surface area contributed by atoms with Crippen LogP contribution in [0.25, 0.3) is 0 Å². The molecule has 126 valence electrons. The summed E-state index contributed by atoms with van der Waals surface area (Å²) >= 11 is 0. The Kier molecular flexibility index (Phi) is 7.96. The molecule has 0 aliphatic heterocycles. The van der Waals surface area contributed by atoms with Crippen LogP contribution in [0, 0.1) is 13.8 Å². The number of benzene rings is 2. The molecule has 0 N–H and O–H groups in total. The van der Waals surface area contributed by atoms with E-state index in [-0.39, 0.29) is 0 Å². The molecule has 0 aliphatic carbocycles. The van der Waals surface area contributed by atoms with Crippen LogP contribution in [-0.4, -0.2) is 25.5 Å². The molecule has 0 saturated carbocycles. The van der Waals surface area contributed by atoms with Crippen LogP contribution >= 0.6 is 0 Å². The number of hydrogen-bond donors (Lipinski definition) is 0. The van der Waals surface area contributed by atoms with Crippen LogP contribution in [0.3, 0.4) is 0 Å². The molecule has 0 heterocycles. The Hall–Kier alpha value is -2.22. The lowest BCUT2D eigenvalue weighted by Gasteiger charge is -1.98. The minimum atomic E-state index is 0.917. The van der Waals surface area contributed by atoms with Gasteiger partial charge in [-0.1, -0.05) is 72.5 Å². The Morgan fingerprint density at radius 1 is 0.583 bits per heavy atom. The predicted octanol–water partition coefficient (Wildman–Crippen LogP) is 5.40. The molecule has 0 aromatic heterocycles. The van der Waals surface area contributed by atoms with Crippen molar-refractivity contribution in [1.29, 1.82) is 0 Å². The first-order valence-electron chi connectivity index (χ1n) is 8.87. The summed E-state index contributed by atoms with van der Waals surface area (Å²) in [6, 6.07) is 17.0. The van der Waals surface area contributed by atoms with Crippen molar-refractivity contribution < 1.29 is 0 Å². The van der Waals surface area contributed by atoms with E-state index < -0.39 is 0 Å².